The maximum atomic E-state index is 12.7. The molecule has 1 N–H and O–H groups in total. The number of nitrogens with zero attached hydrogens (tertiary/aromatic N) is 3. The molecule has 0 unspecified atom stereocenters. The van der Waals surface area contributed by atoms with E-state index in [2.05, 4.69) is 10.3 Å². The summed E-state index contributed by atoms with van der Waals surface area (Å²) in [6.07, 6.45) is 0. The lowest BCUT2D eigenvalue weighted by Gasteiger charge is -2.33. The van der Waals surface area contributed by atoms with E-state index in [4.69, 9.17) is 11.6 Å². The molecule has 0 aliphatic carbocycles. The molecular formula is C21H21ClN4O3S2. The number of carbonyl (C=O) groups excluding carboxylic acids is 1. The number of anilines is 1. The predicted molar refractivity (Wildman–Crippen MR) is 123 cm³/mol. The average molecular weight is 477 g/mol. The molecular weight excluding hydrogens is 456 g/mol. The van der Waals surface area contributed by atoms with Crippen molar-refractivity contribution in [1.82, 2.24) is 14.2 Å². The van der Waals surface area contributed by atoms with Gasteiger partial charge in [0.25, 0.3) is 0 Å². The smallest absolute Gasteiger partial charge is 0.243 e. The number of nitrogens with one attached hydrogen (secondary N) is 1. The number of carbonyl (C=O) groups is 1. The van der Waals surface area contributed by atoms with Crippen LogP contribution in [0.3, 0.4) is 0 Å². The van der Waals surface area contributed by atoms with Gasteiger partial charge in [0.05, 0.1) is 17.1 Å². The van der Waals surface area contributed by atoms with E-state index in [1.54, 1.807) is 42.5 Å². The predicted octanol–water partition coefficient (Wildman–Crippen LogP) is 3.41. The minimum atomic E-state index is -3.50. The summed E-state index contributed by atoms with van der Waals surface area (Å²) in [7, 11) is -3.50. The third kappa shape index (κ3) is 5.31. The Hall–Kier alpha value is -2.30. The molecule has 1 amide bonds. The van der Waals surface area contributed by atoms with Gasteiger partial charge in [-0.2, -0.15) is 4.31 Å². The zero-order valence-corrected chi connectivity index (χ0v) is 19.0. The summed E-state index contributed by atoms with van der Waals surface area (Å²) < 4.78 is 26.9. The lowest BCUT2D eigenvalue weighted by Crippen LogP contribution is -2.50. The average Bonchev–Trinajstić information content (AvgIpc) is 3.23. The van der Waals surface area contributed by atoms with E-state index < -0.39 is 10.0 Å². The van der Waals surface area contributed by atoms with E-state index in [1.807, 2.05) is 22.4 Å². The van der Waals surface area contributed by atoms with Gasteiger partial charge in [-0.1, -0.05) is 41.9 Å². The zero-order valence-electron chi connectivity index (χ0n) is 16.6. The van der Waals surface area contributed by atoms with Gasteiger partial charge in [-0.05, 0) is 24.3 Å². The molecule has 10 heteroatoms. The summed E-state index contributed by atoms with van der Waals surface area (Å²) in [5.41, 5.74) is 1.70. The van der Waals surface area contributed by atoms with Crippen LogP contribution in [0.15, 0.2) is 64.9 Å². The number of thiazole rings is 1. The molecule has 1 fully saturated rings. The quantitative estimate of drug-likeness (QED) is 0.589. The number of hydrogen-bond acceptors (Lipinski definition) is 6. The fourth-order valence-electron chi connectivity index (χ4n) is 3.32. The van der Waals surface area contributed by atoms with E-state index in [9.17, 15) is 13.2 Å². The molecule has 1 saturated heterocycles. The Balaban J connectivity index is 1.29. The molecule has 4 rings (SSSR count). The number of halogens is 1. The van der Waals surface area contributed by atoms with Crippen molar-refractivity contribution in [2.24, 2.45) is 0 Å². The fraction of sp³-hybridized carbons (Fsp3) is 0.238. The molecule has 3 aromatic rings. The molecule has 0 saturated carbocycles. The summed E-state index contributed by atoms with van der Waals surface area (Å²) in [4.78, 5) is 19.1. The molecule has 2 aromatic carbocycles. The number of hydrogen-bond donors (Lipinski definition) is 1. The fourth-order valence-corrected chi connectivity index (χ4v) is 5.62. The molecule has 0 bridgehead atoms. The van der Waals surface area contributed by atoms with Crippen molar-refractivity contribution in [3.63, 3.8) is 0 Å². The molecule has 2 heterocycles. The van der Waals surface area contributed by atoms with Gasteiger partial charge in [-0.15, -0.1) is 11.3 Å². The normalized spacial score (nSPS) is 15.6. The molecule has 162 valence electrons. The standard InChI is InChI=1S/C21H21ClN4O3S2/c22-17-8-6-16(7-9-17)19-15-30-21(23-19)24-20(27)14-25-10-12-26(13-11-25)31(28,29)18-4-2-1-3-5-18/h1-9,15H,10-14H2,(H,23,24,27). The minimum absolute atomic E-state index is 0.170. The Morgan fingerprint density at radius 2 is 1.71 bits per heavy atom. The maximum Gasteiger partial charge on any atom is 0.243 e. The van der Waals surface area contributed by atoms with Crippen molar-refractivity contribution in [2.75, 3.05) is 38.0 Å². The van der Waals surface area contributed by atoms with Crippen LogP contribution in [0, 0.1) is 0 Å². The Morgan fingerprint density at radius 1 is 1.03 bits per heavy atom. The molecule has 1 aromatic heterocycles. The molecule has 1 aliphatic heterocycles. The number of rotatable bonds is 6. The van der Waals surface area contributed by atoms with Crippen LogP contribution in [-0.4, -0.2) is 61.2 Å². The highest BCUT2D eigenvalue weighted by molar-refractivity contribution is 7.89. The van der Waals surface area contributed by atoms with Crippen molar-refractivity contribution < 1.29 is 13.2 Å². The van der Waals surface area contributed by atoms with Crippen LogP contribution >= 0.6 is 22.9 Å². The van der Waals surface area contributed by atoms with Crippen LogP contribution in [-0.2, 0) is 14.8 Å². The van der Waals surface area contributed by atoms with Gasteiger partial charge in [0, 0.05) is 42.1 Å². The second-order valence-corrected chi connectivity index (χ2v) is 10.3. The van der Waals surface area contributed by atoms with Crippen molar-refractivity contribution >= 4 is 44.0 Å². The lowest BCUT2D eigenvalue weighted by molar-refractivity contribution is -0.117. The highest BCUT2D eigenvalue weighted by Crippen LogP contribution is 2.26. The van der Waals surface area contributed by atoms with Gasteiger partial charge in [0.1, 0.15) is 0 Å². The zero-order chi connectivity index (χ0) is 21.8. The summed E-state index contributed by atoms with van der Waals surface area (Å²) in [6, 6.07) is 15.8. The van der Waals surface area contributed by atoms with Crippen molar-refractivity contribution in [2.45, 2.75) is 4.90 Å². The Labute approximate surface area is 190 Å². The maximum absolute atomic E-state index is 12.7. The lowest BCUT2D eigenvalue weighted by atomic mass is 10.2. The molecule has 0 radical (unpaired) electrons. The monoisotopic (exact) mass is 476 g/mol. The molecule has 0 atom stereocenters. The number of sulfonamides is 1. The second-order valence-electron chi connectivity index (χ2n) is 7.09. The molecule has 7 nitrogen and oxygen atoms in total. The van der Waals surface area contributed by atoms with Gasteiger partial charge in [0.2, 0.25) is 15.9 Å². The first-order valence-corrected chi connectivity index (χ1v) is 12.4. The molecule has 1 aliphatic rings. The Kier molecular flexibility index (Phi) is 6.68. The van der Waals surface area contributed by atoms with Crippen LogP contribution in [0.5, 0.6) is 0 Å². The summed E-state index contributed by atoms with van der Waals surface area (Å²) >= 11 is 7.27. The van der Waals surface area contributed by atoms with E-state index in [0.717, 1.165) is 11.3 Å². The van der Waals surface area contributed by atoms with Crippen molar-refractivity contribution in [3.8, 4) is 11.3 Å². The van der Waals surface area contributed by atoms with Crippen LogP contribution in [0.25, 0.3) is 11.3 Å². The van der Waals surface area contributed by atoms with E-state index >= 15 is 0 Å². The first-order chi connectivity index (χ1) is 14.9. The van der Waals surface area contributed by atoms with E-state index in [-0.39, 0.29) is 12.5 Å². The van der Waals surface area contributed by atoms with Gasteiger partial charge in [-0.3, -0.25) is 9.69 Å². The highest BCUT2D eigenvalue weighted by Gasteiger charge is 2.28. The van der Waals surface area contributed by atoms with Gasteiger partial charge >= 0.3 is 0 Å². The van der Waals surface area contributed by atoms with Crippen molar-refractivity contribution in [1.29, 1.82) is 0 Å². The van der Waals surface area contributed by atoms with Gasteiger partial charge in [-0.25, -0.2) is 13.4 Å². The number of piperazine rings is 1. The largest absolute Gasteiger partial charge is 0.301 e. The second kappa shape index (κ2) is 9.46. The summed E-state index contributed by atoms with van der Waals surface area (Å²) in [5.74, 6) is -0.170. The molecule has 31 heavy (non-hydrogen) atoms. The number of amides is 1. The van der Waals surface area contributed by atoms with Gasteiger partial charge < -0.3 is 5.32 Å². The number of aromatic nitrogens is 1. The molecule has 0 spiro atoms. The van der Waals surface area contributed by atoms with Crippen LogP contribution in [0.2, 0.25) is 5.02 Å². The van der Waals surface area contributed by atoms with E-state index in [0.29, 0.717) is 41.2 Å². The third-order valence-corrected chi connectivity index (χ3v) is 7.89. The Morgan fingerprint density at radius 3 is 2.39 bits per heavy atom. The topological polar surface area (TPSA) is 82.6 Å². The third-order valence-electron chi connectivity index (χ3n) is 4.97. The number of benzene rings is 2. The van der Waals surface area contributed by atoms with Gasteiger partial charge in [0.15, 0.2) is 5.13 Å². The summed E-state index contributed by atoms with van der Waals surface area (Å²) in [5, 5.41) is 5.89. The first kappa shape index (κ1) is 21.9. The first-order valence-electron chi connectivity index (χ1n) is 9.71. The van der Waals surface area contributed by atoms with E-state index in [1.165, 1.54) is 15.6 Å². The SMILES string of the molecule is O=C(CN1CCN(S(=O)(=O)c2ccccc2)CC1)Nc1nc(-c2ccc(Cl)cc2)cs1. The van der Waals surface area contributed by atoms with Crippen molar-refractivity contribution in [3.05, 3.63) is 65.0 Å². The summed E-state index contributed by atoms with van der Waals surface area (Å²) in [6.45, 7) is 1.88. The van der Waals surface area contributed by atoms with Crippen LogP contribution < -0.4 is 5.32 Å². The minimum Gasteiger partial charge on any atom is -0.301 e. The highest BCUT2D eigenvalue weighted by atomic mass is 35.5. The Bertz CT molecular complexity index is 1140. The van der Waals surface area contributed by atoms with Crippen LogP contribution in [0.1, 0.15) is 0 Å². The van der Waals surface area contributed by atoms with Crippen LogP contribution in [0.4, 0.5) is 5.13 Å².